The van der Waals surface area contributed by atoms with Crippen LogP contribution in [0, 0.1) is 0 Å². The third-order valence-electron chi connectivity index (χ3n) is 6.35. The first-order valence-electron chi connectivity index (χ1n) is 11.9. The Balaban J connectivity index is 1.22. The number of nitrogens with zero attached hydrogens (tertiary/aromatic N) is 4. The largest absolute Gasteiger partial charge is 0.494 e. The van der Waals surface area contributed by atoms with Crippen molar-refractivity contribution in [3.63, 3.8) is 0 Å². The molecule has 4 heterocycles. The molecule has 0 spiro atoms. The molecule has 5 rings (SSSR count). The van der Waals surface area contributed by atoms with E-state index in [0.717, 1.165) is 67.7 Å². The van der Waals surface area contributed by atoms with E-state index in [0.29, 0.717) is 12.5 Å². The normalized spacial score (nSPS) is 18.5. The zero-order valence-electron chi connectivity index (χ0n) is 19.3. The molecule has 3 aromatic rings. The number of hydrogen-bond donors (Lipinski definition) is 1. The molecule has 0 radical (unpaired) electrons. The Labute approximate surface area is 195 Å². The van der Waals surface area contributed by atoms with Gasteiger partial charge in [0.15, 0.2) is 0 Å². The molecule has 0 bridgehead atoms. The van der Waals surface area contributed by atoms with E-state index in [4.69, 9.17) is 14.5 Å². The lowest BCUT2D eigenvalue weighted by Crippen LogP contribution is -2.33. The summed E-state index contributed by atoms with van der Waals surface area (Å²) in [4.78, 5) is 16.0. The number of likely N-dealkylation sites (tertiary alicyclic amines) is 1. The molecule has 2 aliphatic rings. The molecule has 0 amide bonds. The van der Waals surface area contributed by atoms with Gasteiger partial charge < -0.3 is 14.8 Å². The van der Waals surface area contributed by atoms with Crippen LogP contribution in [0.5, 0.6) is 11.5 Å². The second-order valence-electron chi connectivity index (χ2n) is 8.85. The summed E-state index contributed by atoms with van der Waals surface area (Å²) in [6.45, 7) is 7.74. The van der Waals surface area contributed by atoms with E-state index < -0.39 is 0 Å². The molecular formula is C26H31N5O2. The number of benzene rings is 1. The van der Waals surface area contributed by atoms with E-state index in [1.165, 1.54) is 11.1 Å². The van der Waals surface area contributed by atoms with Crippen LogP contribution in [-0.2, 0) is 13.0 Å². The molecule has 0 saturated carbocycles. The lowest BCUT2D eigenvalue weighted by molar-refractivity contribution is 0.199. The molecule has 33 heavy (non-hydrogen) atoms. The Kier molecular flexibility index (Phi) is 6.39. The van der Waals surface area contributed by atoms with Crippen molar-refractivity contribution < 1.29 is 9.47 Å². The Morgan fingerprint density at radius 1 is 1.15 bits per heavy atom. The molecule has 2 aliphatic heterocycles. The summed E-state index contributed by atoms with van der Waals surface area (Å²) in [7, 11) is 0. The quantitative estimate of drug-likeness (QED) is 0.564. The zero-order chi connectivity index (χ0) is 22.6. The summed E-state index contributed by atoms with van der Waals surface area (Å²) in [6.07, 6.45) is 8.73. The highest BCUT2D eigenvalue weighted by Gasteiger charge is 2.25. The van der Waals surface area contributed by atoms with Gasteiger partial charge in [-0.05, 0) is 64.0 Å². The minimum atomic E-state index is 0.240. The molecule has 0 unspecified atom stereocenters. The van der Waals surface area contributed by atoms with Crippen molar-refractivity contribution in [2.24, 2.45) is 0 Å². The molecule has 1 fully saturated rings. The van der Waals surface area contributed by atoms with Crippen LogP contribution in [0.1, 0.15) is 49.4 Å². The lowest BCUT2D eigenvalue weighted by atomic mass is 9.93. The minimum absolute atomic E-state index is 0.240. The van der Waals surface area contributed by atoms with Gasteiger partial charge in [-0.25, -0.2) is 9.97 Å². The Morgan fingerprint density at radius 2 is 2.03 bits per heavy atom. The van der Waals surface area contributed by atoms with Gasteiger partial charge in [-0.1, -0.05) is 6.07 Å². The van der Waals surface area contributed by atoms with E-state index in [-0.39, 0.29) is 6.10 Å². The minimum Gasteiger partial charge on any atom is -0.494 e. The highest BCUT2D eigenvalue weighted by molar-refractivity contribution is 5.50. The van der Waals surface area contributed by atoms with Crippen molar-refractivity contribution in [3.8, 4) is 11.5 Å². The first-order valence-corrected chi connectivity index (χ1v) is 11.9. The summed E-state index contributed by atoms with van der Waals surface area (Å²) in [5, 5.41) is 3.25. The Hall–Kier alpha value is -3.19. The van der Waals surface area contributed by atoms with Gasteiger partial charge in [0.25, 0.3) is 0 Å². The highest BCUT2D eigenvalue weighted by atomic mass is 16.5. The molecule has 1 atom stereocenters. The van der Waals surface area contributed by atoms with E-state index >= 15 is 0 Å². The maximum Gasteiger partial charge on any atom is 0.150 e. The second kappa shape index (κ2) is 9.75. The van der Waals surface area contributed by atoms with Crippen LogP contribution < -0.4 is 14.8 Å². The molecular weight excluding hydrogens is 414 g/mol. The maximum absolute atomic E-state index is 6.00. The van der Waals surface area contributed by atoms with Crippen LogP contribution in [-0.4, -0.2) is 45.7 Å². The molecule has 1 N–H and O–H groups in total. The number of piperidine rings is 1. The van der Waals surface area contributed by atoms with Crippen molar-refractivity contribution in [3.05, 3.63) is 65.7 Å². The van der Waals surface area contributed by atoms with E-state index in [2.05, 4.69) is 39.2 Å². The van der Waals surface area contributed by atoms with Crippen LogP contribution >= 0.6 is 0 Å². The topological polar surface area (TPSA) is 72.4 Å². The molecule has 172 valence electrons. The predicted molar refractivity (Wildman–Crippen MR) is 128 cm³/mol. The summed E-state index contributed by atoms with van der Waals surface area (Å²) in [5.41, 5.74) is 3.51. The molecule has 2 aromatic heterocycles. The van der Waals surface area contributed by atoms with Gasteiger partial charge in [-0.2, -0.15) is 0 Å². The van der Waals surface area contributed by atoms with Crippen LogP contribution in [0.15, 0.2) is 48.9 Å². The van der Waals surface area contributed by atoms with Crippen molar-refractivity contribution in [2.45, 2.75) is 51.7 Å². The lowest BCUT2D eigenvalue weighted by Gasteiger charge is -2.32. The predicted octanol–water partition coefficient (Wildman–Crippen LogP) is 4.72. The third-order valence-corrected chi connectivity index (χ3v) is 6.35. The summed E-state index contributed by atoms with van der Waals surface area (Å²) >= 11 is 0. The van der Waals surface area contributed by atoms with Crippen LogP contribution in [0.4, 0.5) is 11.6 Å². The SMILES string of the molecule is CCOc1cc2c(cc1CN1CCC(c3cncc(Nc4ccccn4)n3)CC1)O[C@@H](C)C2. The maximum atomic E-state index is 6.00. The van der Waals surface area contributed by atoms with Gasteiger partial charge in [0, 0.05) is 42.4 Å². The van der Waals surface area contributed by atoms with Crippen molar-refractivity contribution in [2.75, 3.05) is 25.0 Å². The number of rotatable bonds is 7. The van der Waals surface area contributed by atoms with Gasteiger partial charge in [0.05, 0.1) is 18.5 Å². The van der Waals surface area contributed by atoms with Gasteiger partial charge in [0.1, 0.15) is 29.2 Å². The Bertz CT molecular complexity index is 1080. The highest BCUT2D eigenvalue weighted by Crippen LogP contribution is 2.36. The van der Waals surface area contributed by atoms with E-state index in [9.17, 15) is 0 Å². The van der Waals surface area contributed by atoms with Crippen molar-refractivity contribution in [1.29, 1.82) is 0 Å². The van der Waals surface area contributed by atoms with Crippen LogP contribution in [0.2, 0.25) is 0 Å². The standard InChI is InChI=1S/C26H31N5O2/c1-3-32-23-13-20-12-18(2)33-24(20)14-21(23)17-31-10-7-19(8-11-31)22-15-27-16-26(29-22)30-25-6-4-5-9-28-25/h4-6,9,13-16,18-19H,3,7-8,10-12,17H2,1-2H3,(H,28,29,30)/t18-/m0/s1. The van der Waals surface area contributed by atoms with Crippen LogP contribution in [0.25, 0.3) is 0 Å². The number of nitrogens with one attached hydrogen (secondary N) is 1. The van der Waals surface area contributed by atoms with Gasteiger partial charge in [-0.15, -0.1) is 0 Å². The number of fused-ring (bicyclic) bond motifs is 1. The summed E-state index contributed by atoms with van der Waals surface area (Å²) < 4.78 is 12.0. The van der Waals surface area contributed by atoms with Gasteiger partial charge in [-0.3, -0.25) is 9.88 Å². The number of ether oxygens (including phenoxy) is 2. The van der Waals surface area contributed by atoms with E-state index in [1.807, 2.05) is 31.3 Å². The smallest absolute Gasteiger partial charge is 0.150 e. The third kappa shape index (κ3) is 5.09. The number of hydrogen-bond acceptors (Lipinski definition) is 7. The van der Waals surface area contributed by atoms with E-state index in [1.54, 1.807) is 12.4 Å². The monoisotopic (exact) mass is 445 g/mol. The summed E-state index contributed by atoms with van der Waals surface area (Å²) in [6, 6.07) is 10.1. The first-order chi connectivity index (χ1) is 16.2. The number of anilines is 2. The molecule has 0 aliphatic carbocycles. The van der Waals surface area contributed by atoms with Crippen molar-refractivity contribution in [1.82, 2.24) is 19.9 Å². The Morgan fingerprint density at radius 3 is 2.82 bits per heavy atom. The molecule has 1 saturated heterocycles. The molecule has 1 aromatic carbocycles. The van der Waals surface area contributed by atoms with Gasteiger partial charge in [0.2, 0.25) is 0 Å². The number of aromatic nitrogens is 3. The summed E-state index contributed by atoms with van der Waals surface area (Å²) in [5.74, 6) is 3.94. The average Bonchev–Trinajstić information content (AvgIpc) is 3.19. The van der Waals surface area contributed by atoms with Gasteiger partial charge >= 0.3 is 0 Å². The fourth-order valence-corrected chi connectivity index (χ4v) is 4.73. The zero-order valence-corrected chi connectivity index (χ0v) is 19.3. The fourth-order valence-electron chi connectivity index (χ4n) is 4.73. The average molecular weight is 446 g/mol. The fraction of sp³-hybridized carbons (Fsp3) is 0.423. The van der Waals surface area contributed by atoms with Crippen LogP contribution in [0.3, 0.4) is 0 Å². The second-order valence-corrected chi connectivity index (χ2v) is 8.85. The molecule has 7 nitrogen and oxygen atoms in total. The number of pyridine rings is 1. The first kappa shape index (κ1) is 21.6. The molecule has 7 heteroatoms. The van der Waals surface area contributed by atoms with Crippen molar-refractivity contribution >= 4 is 11.6 Å².